The van der Waals surface area contributed by atoms with Crippen molar-refractivity contribution in [2.75, 3.05) is 0 Å². The van der Waals surface area contributed by atoms with Gasteiger partial charge in [0.25, 0.3) is 0 Å². The summed E-state index contributed by atoms with van der Waals surface area (Å²) in [5, 5.41) is 3.46. The van der Waals surface area contributed by atoms with E-state index in [-0.39, 0.29) is 5.82 Å². The molecule has 1 aliphatic rings. The van der Waals surface area contributed by atoms with Gasteiger partial charge < -0.3 is 10.1 Å². The molecular formula is C16H16BrFN2O. The van der Waals surface area contributed by atoms with Crippen LogP contribution in [0.25, 0.3) is 0 Å². The minimum Gasteiger partial charge on any atom is -0.438 e. The molecule has 3 rings (SSSR count). The third-order valence-electron chi connectivity index (χ3n) is 3.27. The van der Waals surface area contributed by atoms with E-state index in [2.05, 4.69) is 26.2 Å². The van der Waals surface area contributed by atoms with Crippen LogP contribution < -0.4 is 10.1 Å². The third-order valence-corrected chi connectivity index (χ3v) is 3.92. The molecule has 1 N–H and O–H groups in total. The Morgan fingerprint density at radius 2 is 2.14 bits per heavy atom. The molecule has 1 heterocycles. The second-order valence-corrected chi connectivity index (χ2v) is 6.14. The first kappa shape index (κ1) is 14.5. The number of hydrogen-bond acceptors (Lipinski definition) is 3. The van der Waals surface area contributed by atoms with Gasteiger partial charge >= 0.3 is 0 Å². The van der Waals surface area contributed by atoms with E-state index >= 15 is 0 Å². The lowest BCUT2D eigenvalue weighted by Gasteiger charge is -2.10. The smallest absolute Gasteiger partial charge is 0.219 e. The lowest BCUT2D eigenvalue weighted by atomic mass is 10.2. The third kappa shape index (κ3) is 4.02. The van der Waals surface area contributed by atoms with E-state index in [1.165, 1.54) is 25.0 Å². The molecule has 2 aromatic rings. The summed E-state index contributed by atoms with van der Waals surface area (Å²) < 4.78 is 19.7. The maximum Gasteiger partial charge on any atom is 0.219 e. The van der Waals surface area contributed by atoms with Gasteiger partial charge in [0, 0.05) is 30.4 Å². The van der Waals surface area contributed by atoms with Crippen LogP contribution in [0.5, 0.6) is 11.6 Å². The fraction of sp³-hybridized carbons (Fsp3) is 0.312. The minimum absolute atomic E-state index is 0.337. The summed E-state index contributed by atoms with van der Waals surface area (Å²) in [4.78, 5) is 4.35. The number of rotatable bonds is 5. The number of benzene rings is 1. The van der Waals surface area contributed by atoms with Crippen LogP contribution in [0.15, 0.2) is 34.8 Å². The van der Waals surface area contributed by atoms with Crippen LogP contribution in [0.1, 0.15) is 24.1 Å². The quantitative estimate of drug-likeness (QED) is 0.870. The van der Waals surface area contributed by atoms with Crippen LogP contribution in [0, 0.1) is 12.7 Å². The SMILES string of the molecule is Cc1cc(CNC2CC2)cc(Oc2cc(F)ccc2Br)n1. The zero-order valence-electron chi connectivity index (χ0n) is 11.7. The molecule has 1 fully saturated rings. The molecule has 0 atom stereocenters. The van der Waals surface area contributed by atoms with Crippen LogP contribution in [0.4, 0.5) is 4.39 Å². The van der Waals surface area contributed by atoms with Crippen molar-refractivity contribution in [1.82, 2.24) is 10.3 Å². The van der Waals surface area contributed by atoms with Crippen molar-refractivity contribution >= 4 is 15.9 Å². The highest BCUT2D eigenvalue weighted by molar-refractivity contribution is 9.10. The van der Waals surface area contributed by atoms with Crippen LogP contribution >= 0.6 is 15.9 Å². The molecule has 5 heteroatoms. The molecular weight excluding hydrogens is 335 g/mol. The number of nitrogens with zero attached hydrogens (tertiary/aromatic N) is 1. The van der Waals surface area contributed by atoms with Gasteiger partial charge in [-0.3, -0.25) is 0 Å². The number of ether oxygens (including phenoxy) is 1. The molecule has 1 aliphatic carbocycles. The van der Waals surface area contributed by atoms with Gasteiger partial charge in [0.1, 0.15) is 11.6 Å². The van der Waals surface area contributed by atoms with Crippen LogP contribution in [0.3, 0.4) is 0 Å². The van der Waals surface area contributed by atoms with E-state index in [1.54, 1.807) is 6.07 Å². The maximum atomic E-state index is 13.3. The molecule has 21 heavy (non-hydrogen) atoms. The summed E-state index contributed by atoms with van der Waals surface area (Å²) >= 11 is 3.35. The van der Waals surface area contributed by atoms with E-state index in [0.29, 0.717) is 22.1 Å². The summed E-state index contributed by atoms with van der Waals surface area (Å²) in [6.07, 6.45) is 2.51. The van der Waals surface area contributed by atoms with Gasteiger partial charge in [0.2, 0.25) is 5.88 Å². The molecule has 0 radical (unpaired) electrons. The zero-order chi connectivity index (χ0) is 14.8. The normalized spacial score (nSPS) is 14.2. The first-order valence-electron chi connectivity index (χ1n) is 6.94. The van der Waals surface area contributed by atoms with Crippen molar-refractivity contribution in [1.29, 1.82) is 0 Å². The van der Waals surface area contributed by atoms with Crippen molar-refractivity contribution in [2.24, 2.45) is 0 Å². The Balaban J connectivity index is 1.78. The highest BCUT2D eigenvalue weighted by atomic mass is 79.9. The lowest BCUT2D eigenvalue weighted by Crippen LogP contribution is -2.15. The molecule has 1 aromatic carbocycles. The predicted molar refractivity (Wildman–Crippen MR) is 83.0 cm³/mol. The summed E-state index contributed by atoms with van der Waals surface area (Å²) in [5.41, 5.74) is 2.00. The van der Waals surface area contributed by atoms with Gasteiger partial charge in [-0.05, 0) is 59.5 Å². The van der Waals surface area contributed by atoms with Gasteiger partial charge in [0.15, 0.2) is 0 Å². The topological polar surface area (TPSA) is 34.1 Å². The van der Waals surface area contributed by atoms with Gasteiger partial charge in [-0.1, -0.05) is 0 Å². The first-order chi connectivity index (χ1) is 10.1. The Labute approximate surface area is 131 Å². The van der Waals surface area contributed by atoms with Crippen LogP contribution in [-0.4, -0.2) is 11.0 Å². The largest absolute Gasteiger partial charge is 0.438 e. The number of halogens is 2. The standard InChI is InChI=1S/C16H16BrFN2O/c1-10-6-11(9-19-13-3-4-13)7-16(20-10)21-15-8-12(18)2-5-14(15)17/h2,5-8,13,19H,3-4,9H2,1H3. The van der Waals surface area contributed by atoms with Crippen molar-refractivity contribution in [3.63, 3.8) is 0 Å². The molecule has 1 saturated carbocycles. The van der Waals surface area contributed by atoms with Gasteiger partial charge in [0.05, 0.1) is 4.47 Å². The van der Waals surface area contributed by atoms with E-state index in [1.807, 2.05) is 19.1 Å². The van der Waals surface area contributed by atoms with E-state index in [9.17, 15) is 4.39 Å². The van der Waals surface area contributed by atoms with Crippen LogP contribution in [-0.2, 0) is 6.54 Å². The van der Waals surface area contributed by atoms with Gasteiger partial charge in [-0.15, -0.1) is 0 Å². The minimum atomic E-state index is -0.337. The summed E-state index contributed by atoms with van der Waals surface area (Å²) in [6.45, 7) is 2.73. The number of pyridine rings is 1. The molecule has 1 aromatic heterocycles. The molecule has 0 spiro atoms. The van der Waals surface area contributed by atoms with Crippen molar-refractivity contribution < 1.29 is 9.13 Å². The average molecular weight is 351 g/mol. The van der Waals surface area contributed by atoms with Gasteiger partial charge in [-0.25, -0.2) is 9.37 Å². The zero-order valence-corrected chi connectivity index (χ0v) is 13.3. The van der Waals surface area contributed by atoms with Crippen molar-refractivity contribution in [3.8, 4) is 11.6 Å². The monoisotopic (exact) mass is 350 g/mol. The van der Waals surface area contributed by atoms with Gasteiger partial charge in [-0.2, -0.15) is 0 Å². The average Bonchev–Trinajstić information content (AvgIpc) is 3.24. The Morgan fingerprint density at radius 1 is 1.33 bits per heavy atom. The highest BCUT2D eigenvalue weighted by Gasteiger charge is 2.20. The number of aromatic nitrogens is 1. The Bertz CT molecular complexity index is 659. The molecule has 0 aliphatic heterocycles. The van der Waals surface area contributed by atoms with Crippen molar-refractivity contribution in [3.05, 3.63) is 51.9 Å². The molecule has 110 valence electrons. The maximum absolute atomic E-state index is 13.3. The molecule has 3 nitrogen and oxygen atoms in total. The summed E-state index contributed by atoms with van der Waals surface area (Å²) in [6, 6.07) is 8.92. The predicted octanol–water partition coefficient (Wildman–Crippen LogP) is 4.34. The fourth-order valence-corrected chi connectivity index (χ4v) is 2.41. The Morgan fingerprint density at radius 3 is 2.90 bits per heavy atom. The fourth-order valence-electron chi connectivity index (χ4n) is 2.08. The van der Waals surface area contributed by atoms with E-state index in [4.69, 9.17) is 4.74 Å². The number of aryl methyl sites for hydroxylation is 1. The first-order valence-corrected chi connectivity index (χ1v) is 7.73. The Hall–Kier alpha value is -1.46. The number of hydrogen-bond donors (Lipinski definition) is 1. The molecule has 0 amide bonds. The molecule has 0 bridgehead atoms. The second kappa shape index (κ2) is 6.12. The Kier molecular flexibility index (Phi) is 4.22. The van der Waals surface area contributed by atoms with Crippen molar-refractivity contribution in [2.45, 2.75) is 32.4 Å². The summed E-state index contributed by atoms with van der Waals surface area (Å²) in [7, 11) is 0. The van der Waals surface area contributed by atoms with E-state index < -0.39 is 0 Å². The molecule has 0 unspecified atom stereocenters. The second-order valence-electron chi connectivity index (χ2n) is 5.29. The van der Waals surface area contributed by atoms with Crippen LogP contribution in [0.2, 0.25) is 0 Å². The van der Waals surface area contributed by atoms with E-state index in [0.717, 1.165) is 17.8 Å². The molecule has 0 saturated heterocycles. The highest BCUT2D eigenvalue weighted by Crippen LogP contribution is 2.30. The lowest BCUT2D eigenvalue weighted by molar-refractivity contribution is 0.453. The summed E-state index contributed by atoms with van der Waals surface area (Å²) in [5.74, 6) is 0.569. The number of nitrogens with one attached hydrogen (secondary N) is 1.